The van der Waals surface area contributed by atoms with Crippen LogP contribution in [-0.4, -0.2) is 24.1 Å². The molecule has 0 saturated heterocycles. The molecular formula is C63H37N5O2. The van der Waals surface area contributed by atoms with Crippen molar-refractivity contribution in [2.45, 2.75) is 0 Å². The Hall–Kier alpha value is -9.59. The van der Waals surface area contributed by atoms with Gasteiger partial charge >= 0.3 is 0 Å². The second-order valence-electron chi connectivity index (χ2n) is 17.9. The van der Waals surface area contributed by atoms with Crippen LogP contribution in [-0.2, 0) is 0 Å². The van der Waals surface area contributed by atoms with E-state index in [2.05, 4.69) is 179 Å². The van der Waals surface area contributed by atoms with Gasteiger partial charge in [0.15, 0.2) is 17.5 Å². The van der Waals surface area contributed by atoms with Gasteiger partial charge in [-0.05, 0) is 77.9 Å². The minimum absolute atomic E-state index is 0.516. The third kappa shape index (κ3) is 5.79. The molecule has 10 aromatic carbocycles. The molecule has 0 aliphatic rings. The van der Waals surface area contributed by atoms with E-state index in [0.717, 1.165) is 110 Å². The zero-order chi connectivity index (χ0) is 45.9. The highest BCUT2D eigenvalue weighted by atomic mass is 16.3. The van der Waals surface area contributed by atoms with E-state index in [-0.39, 0.29) is 0 Å². The van der Waals surface area contributed by atoms with Gasteiger partial charge in [0.2, 0.25) is 0 Å². The van der Waals surface area contributed by atoms with Crippen LogP contribution in [0.1, 0.15) is 0 Å². The van der Waals surface area contributed by atoms with E-state index in [1.165, 1.54) is 16.3 Å². The fourth-order valence-corrected chi connectivity index (χ4v) is 10.8. The molecule has 0 spiro atoms. The van der Waals surface area contributed by atoms with Gasteiger partial charge in [0.25, 0.3) is 0 Å². The van der Waals surface area contributed by atoms with Gasteiger partial charge in [-0.25, -0.2) is 15.0 Å². The maximum atomic E-state index is 6.58. The molecule has 0 saturated carbocycles. The van der Waals surface area contributed by atoms with E-state index in [1.807, 2.05) is 54.6 Å². The summed E-state index contributed by atoms with van der Waals surface area (Å²) >= 11 is 0. The van der Waals surface area contributed by atoms with Crippen molar-refractivity contribution >= 4 is 87.5 Å². The molecule has 5 aromatic heterocycles. The molecule has 326 valence electrons. The van der Waals surface area contributed by atoms with Crippen molar-refractivity contribution in [1.82, 2.24) is 24.1 Å². The number of hydrogen-bond donors (Lipinski definition) is 0. The van der Waals surface area contributed by atoms with Crippen LogP contribution in [0.4, 0.5) is 0 Å². The fourth-order valence-electron chi connectivity index (χ4n) is 10.8. The summed E-state index contributed by atoms with van der Waals surface area (Å²) in [5, 5.41) is 8.80. The summed E-state index contributed by atoms with van der Waals surface area (Å²) in [6.07, 6.45) is 0. The Labute approximate surface area is 399 Å². The van der Waals surface area contributed by atoms with Crippen LogP contribution in [0.2, 0.25) is 0 Å². The van der Waals surface area contributed by atoms with Crippen molar-refractivity contribution in [3.05, 3.63) is 224 Å². The molecule has 70 heavy (non-hydrogen) atoms. The van der Waals surface area contributed by atoms with Gasteiger partial charge in [0, 0.05) is 59.9 Å². The number of aromatic nitrogens is 5. The Morgan fingerprint density at radius 3 is 1.64 bits per heavy atom. The summed E-state index contributed by atoms with van der Waals surface area (Å²) in [6.45, 7) is 0. The number of benzene rings is 10. The van der Waals surface area contributed by atoms with Gasteiger partial charge in [-0.15, -0.1) is 0 Å². The van der Waals surface area contributed by atoms with E-state index in [1.54, 1.807) is 0 Å². The van der Waals surface area contributed by atoms with Crippen molar-refractivity contribution in [3.63, 3.8) is 0 Å². The molecule has 0 radical (unpaired) electrons. The van der Waals surface area contributed by atoms with Crippen LogP contribution in [0.15, 0.2) is 233 Å². The largest absolute Gasteiger partial charge is 0.456 e. The van der Waals surface area contributed by atoms with Gasteiger partial charge < -0.3 is 18.0 Å². The molecule has 0 N–H and O–H groups in total. The maximum absolute atomic E-state index is 6.58. The average Bonchev–Trinajstić information content (AvgIpc) is 4.18. The quantitative estimate of drug-likeness (QED) is 0.166. The molecule has 0 fully saturated rings. The third-order valence-corrected chi connectivity index (χ3v) is 14.0. The highest BCUT2D eigenvalue weighted by Crippen LogP contribution is 2.42. The minimum Gasteiger partial charge on any atom is -0.456 e. The van der Waals surface area contributed by atoms with Crippen molar-refractivity contribution in [2.75, 3.05) is 0 Å². The minimum atomic E-state index is 0.516. The van der Waals surface area contributed by atoms with Crippen molar-refractivity contribution in [3.8, 4) is 56.7 Å². The summed E-state index contributed by atoms with van der Waals surface area (Å²) < 4.78 is 17.8. The molecule has 0 aliphatic heterocycles. The standard InChI is InChI=1S/C63H37N5O2/c1-2-15-38(16-3-1)39-17-12-18-42(35-39)67-52-26-8-5-20-44(52)49-23-14-28-54(59(49)67)68-53-27-9-4-19-43(53)45-33-31-40(36-55(45)68)61-64-62(41-32-34-48-46-21-6-10-29-56(46)69-58(48)37-41)66-63(65-61)51-25-13-24-50-47-22-7-11-30-57(47)70-60(50)51/h1-37H. The highest BCUT2D eigenvalue weighted by molar-refractivity contribution is 6.16. The summed E-state index contributed by atoms with van der Waals surface area (Å²) in [5.74, 6) is 1.59. The predicted molar refractivity (Wildman–Crippen MR) is 285 cm³/mol. The molecule has 7 heteroatoms. The number of nitrogens with zero attached hydrogens (tertiary/aromatic N) is 5. The Morgan fingerprint density at radius 1 is 0.300 bits per heavy atom. The summed E-state index contributed by atoms with van der Waals surface area (Å²) in [7, 11) is 0. The fraction of sp³-hybridized carbons (Fsp3) is 0. The molecule has 5 heterocycles. The number of para-hydroxylation sites is 6. The lowest BCUT2D eigenvalue weighted by molar-refractivity contribution is 0.668. The molecule has 0 atom stereocenters. The van der Waals surface area contributed by atoms with Crippen molar-refractivity contribution < 1.29 is 8.83 Å². The molecule has 0 unspecified atom stereocenters. The van der Waals surface area contributed by atoms with Crippen LogP contribution >= 0.6 is 0 Å². The van der Waals surface area contributed by atoms with E-state index in [9.17, 15) is 0 Å². The van der Waals surface area contributed by atoms with E-state index >= 15 is 0 Å². The number of fused-ring (bicyclic) bond motifs is 12. The van der Waals surface area contributed by atoms with Crippen LogP contribution in [0.3, 0.4) is 0 Å². The van der Waals surface area contributed by atoms with Gasteiger partial charge in [-0.3, -0.25) is 0 Å². The lowest BCUT2D eigenvalue weighted by Crippen LogP contribution is -2.02. The van der Waals surface area contributed by atoms with Gasteiger partial charge in [0.05, 0.1) is 33.3 Å². The second kappa shape index (κ2) is 15.0. The molecule has 0 bridgehead atoms. The molecule has 0 aliphatic carbocycles. The SMILES string of the molecule is c1ccc(-c2cccc(-n3c4ccccc4c4cccc(-n5c6ccccc6c6ccc(-c7nc(-c8ccc9c(c8)oc8ccccc89)nc(-c8cccc9c8oc8ccccc89)n7)cc65)c43)c2)cc1. The monoisotopic (exact) mass is 895 g/mol. The number of rotatable bonds is 6. The van der Waals surface area contributed by atoms with E-state index in [0.29, 0.717) is 17.5 Å². The Balaban J connectivity index is 0.979. The summed E-state index contributed by atoms with van der Waals surface area (Å²) in [4.78, 5) is 15.9. The van der Waals surface area contributed by atoms with Gasteiger partial charge in [-0.1, -0.05) is 158 Å². The Kier molecular flexibility index (Phi) is 8.23. The van der Waals surface area contributed by atoms with Crippen LogP contribution in [0, 0.1) is 0 Å². The summed E-state index contributed by atoms with van der Waals surface area (Å²) in [5.41, 5.74) is 14.5. The predicted octanol–water partition coefficient (Wildman–Crippen LogP) is 16.5. The third-order valence-electron chi connectivity index (χ3n) is 14.0. The number of furan rings is 2. The van der Waals surface area contributed by atoms with Crippen molar-refractivity contribution in [1.29, 1.82) is 0 Å². The normalized spacial score (nSPS) is 12.0. The maximum Gasteiger partial charge on any atom is 0.167 e. The van der Waals surface area contributed by atoms with E-state index in [4.69, 9.17) is 23.8 Å². The van der Waals surface area contributed by atoms with Crippen LogP contribution in [0.5, 0.6) is 0 Å². The zero-order valence-corrected chi connectivity index (χ0v) is 37.4. The topological polar surface area (TPSA) is 74.8 Å². The Morgan fingerprint density at radius 2 is 0.843 bits per heavy atom. The average molecular weight is 896 g/mol. The van der Waals surface area contributed by atoms with E-state index < -0.39 is 0 Å². The number of hydrogen-bond acceptors (Lipinski definition) is 5. The Bertz CT molecular complexity index is 4610. The zero-order valence-electron chi connectivity index (χ0n) is 37.4. The first-order valence-corrected chi connectivity index (χ1v) is 23.5. The first-order chi connectivity index (χ1) is 34.7. The molecule has 15 aromatic rings. The second-order valence-corrected chi connectivity index (χ2v) is 17.9. The molecular weight excluding hydrogens is 859 g/mol. The van der Waals surface area contributed by atoms with Gasteiger partial charge in [-0.2, -0.15) is 0 Å². The lowest BCUT2D eigenvalue weighted by atomic mass is 10.1. The molecule has 15 rings (SSSR count). The first kappa shape index (κ1) is 38.5. The molecule has 0 amide bonds. The van der Waals surface area contributed by atoms with Gasteiger partial charge in [0.1, 0.15) is 22.3 Å². The smallest absolute Gasteiger partial charge is 0.167 e. The molecule has 7 nitrogen and oxygen atoms in total. The highest BCUT2D eigenvalue weighted by Gasteiger charge is 2.23. The van der Waals surface area contributed by atoms with Crippen molar-refractivity contribution in [2.24, 2.45) is 0 Å². The lowest BCUT2D eigenvalue weighted by Gasteiger charge is -2.15. The van der Waals surface area contributed by atoms with Crippen LogP contribution in [0.25, 0.3) is 144 Å². The first-order valence-electron chi connectivity index (χ1n) is 23.5. The summed E-state index contributed by atoms with van der Waals surface area (Å²) in [6, 6.07) is 78.8. The van der Waals surface area contributed by atoms with Crippen LogP contribution < -0.4 is 0 Å².